The van der Waals surface area contributed by atoms with Crippen molar-refractivity contribution in [1.29, 1.82) is 0 Å². The summed E-state index contributed by atoms with van der Waals surface area (Å²) in [4.78, 5) is 0. The summed E-state index contributed by atoms with van der Waals surface area (Å²) >= 11 is 0. The number of aromatic nitrogens is 7. The van der Waals surface area contributed by atoms with Gasteiger partial charge in [-0.3, -0.25) is 9.78 Å². The minimum Gasteiger partial charge on any atom is -0.394 e. The van der Waals surface area contributed by atoms with E-state index in [4.69, 9.17) is 5.11 Å². The Morgan fingerprint density at radius 2 is 1.82 bits per heavy atom. The molecule has 0 amide bonds. The minimum absolute atomic E-state index is 0.0694. The minimum atomic E-state index is 0.0694. The van der Waals surface area contributed by atoms with Crippen molar-refractivity contribution in [1.82, 2.24) is 35.0 Å². The second kappa shape index (κ2) is 6.75. The van der Waals surface area contributed by atoms with Crippen molar-refractivity contribution in [2.75, 3.05) is 6.61 Å². The fourth-order valence-corrected chi connectivity index (χ4v) is 3.20. The first kappa shape index (κ1) is 16.4. The molecule has 5 aromatic rings. The lowest BCUT2D eigenvalue weighted by Gasteiger charge is -2.02. The van der Waals surface area contributed by atoms with Crippen molar-refractivity contribution in [2.45, 2.75) is 6.54 Å². The second-order valence-corrected chi connectivity index (χ2v) is 6.43. The van der Waals surface area contributed by atoms with Crippen molar-refractivity contribution in [3.8, 4) is 28.2 Å². The van der Waals surface area contributed by atoms with Gasteiger partial charge in [-0.15, -0.1) is 5.10 Å². The maximum atomic E-state index is 9.01. The SMILES string of the molecule is OCCn1cc(-c2ccc(-n3cc(-c4n[nH]c5ccccc45)nn3)cc2)cn1. The molecule has 0 saturated heterocycles. The Bertz CT molecular complexity index is 1230. The molecule has 0 spiro atoms. The summed E-state index contributed by atoms with van der Waals surface area (Å²) in [7, 11) is 0. The first-order valence-corrected chi connectivity index (χ1v) is 8.92. The van der Waals surface area contributed by atoms with Gasteiger partial charge < -0.3 is 5.11 Å². The smallest absolute Gasteiger partial charge is 0.134 e. The molecule has 8 nitrogen and oxygen atoms in total. The van der Waals surface area contributed by atoms with Gasteiger partial charge in [0.15, 0.2) is 0 Å². The quantitative estimate of drug-likeness (QED) is 0.495. The molecule has 0 aliphatic carbocycles. The number of nitrogens with zero attached hydrogens (tertiary/aromatic N) is 6. The number of benzene rings is 2. The van der Waals surface area contributed by atoms with Gasteiger partial charge in [0.05, 0.1) is 36.7 Å². The van der Waals surface area contributed by atoms with Gasteiger partial charge in [0.25, 0.3) is 0 Å². The summed E-state index contributed by atoms with van der Waals surface area (Å²) in [6.45, 7) is 0.557. The third-order valence-corrected chi connectivity index (χ3v) is 4.63. The van der Waals surface area contributed by atoms with Crippen molar-refractivity contribution in [3.05, 3.63) is 67.1 Å². The van der Waals surface area contributed by atoms with Gasteiger partial charge in [-0.1, -0.05) is 35.5 Å². The number of aliphatic hydroxyl groups is 1. The molecular weight excluding hydrogens is 354 g/mol. The number of rotatable bonds is 5. The largest absolute Gasteiger partial charge is 0.394 e. The van der Waals surface area contributed by atoms with Crippen LogP contribution < -0.4 is 0 Å². The number of H-pyrrole nitrogens is 1. The first-order valence-electron chi connectivity index (χ1n) is 8.92. The van der Waals surface area contributed by atoms with Crippen LogP contribution in [0.25, 0.3) is 39.1 Å². The average Bonchev–Trinajstić information content (AvgIpc) is 3.47. The zero-order chi connectivity index (χ0) is 18.9. The van der Waals surface area contributed by atoms with E-state index in [9.17, 15) is 0 Å². The maximum Gasteiger partial charge on any atom is 0.134 e. The lowest BCUT2D eigenvalue weighted by Crippen LogP contribution is -2.01. The highest BCUT2D eigenvalue weighted by Crippen LogP contribution is 2.25. The summed E-state index contributed by atoms with van der Waals surface area (Å²) < 4.78 is 3.46. The summed E-state index contributed by atoms with van der Waals surface area (Å²) in [5, 5.41) is 30.2. The number of aliphatic hydroxyl groups excluding tert-OH is 1. The number of aromatic amines is 1. The van der Waals surface area contributed by atoms with Crippen LogP contribution in [0, 0.1) is 0 Å². The molecule has 3 aromatic heterocycles. The van der Waals surface area contributed by atoms with Crippen molar-refractivity contribution in [3.63, 3.8) is 0 Å². The van der Waals surface area contributed by atoms with Crippen molar-refractivity contribution in [2.24, 2.45) is 0 Å². The topological polar surface area (TPSA) is 97.4 Å². The Balaban J connectivity index is 1.42. The second-order valence-electron chi connectivity index (χ2n) is 6.43. The van der Waals surface area contributed by atoms with Crippen LogP contribution in [-0.4, -0.2) is 46.7 Å². The van der Waals surface area contributed by atoms with Gasteiger partial charge in [0.1, 0.15) is 11.4 Å². The highest BCUT2D eigenvalue weighted by Gasteiger charge is 2.12. The molecule has 8 heteroatoms. The van der Waals surface area contributed by atoms with E-state index in [2.05, 4.69) is 25.6 Å². The first-order chi connectivity index (χ1) is 13.8. The normalized spacial score (nSPS) is 11.3. The Morgan fingerprint density at radius 3 is 2.68 bits per heavy atom. The van der Waals surface area contributed by atoms with Crippen LogP contribution in [-0.2, 0) is 6.54 Å². The Kier molecular flexibility index (Phi) is 3.95. The lowest BCUT2D eigenvalue weighted by atomic mass is 10.1. The number of hydrogen-bond donors (Lipinski definition) is 2. The molecule has 0 radical (unpaired) electrons. The van der Waals surface area contributed by atoms with Gasteiger partial charge >= 0.3 is 0 Å². The van der Waals surface area contributed by atoms with E-state index in [0.29, 0.717) is 12.2 Å². The Hall–Kier alpha value is -3.78. The number of para-hydroxylation sites is 1. The fraction of sp³-hybridized carbons (Fsp3) is 0.100. The summed E-state index contributed by atoms with van der Waals surface area (Å²) in [5.41, 5.74) is 5.43. The molecule has 5 rings (SSSR count). The van der Waals surface area contributed by atoms with Crippen LogP contribution in [0.4, 0.5) is 0 Å². The van der Waals surface area contributed by atoms with Crippen molar-refractivity contribution < 1.29 is 5.11 Å². The van der Waals surface area contributed by atoms with E-state index >= 15 is 0 Å². The van der Waals surface area contributed by atoms with Crippen LogP contribution in [0.2, 0.25) is 0 Å². The highest BCUT2D eigenvalue weighted by molar-refractivity contribution is 5.91. The number of nitrogens with one attached hydrogen (secondary N) is 1. The monoisotopic (exact) mass is 371 g/mol. The van der Waals surface area contributed by atoms with Gasteiger partial charge in [-0.2, -0.15) is 10.2 Å². The molecular formula is C20H17N7O. The Morgan fingerprint density at radius 1 is 0.964 bits per heavy atom. The van der Waals surface area contributed by atoms with E-state index in [1.165, 1.54) is 0 Å². The van der Waals surface area contributed by atoms with Crippen LogP contribution in [0.5, 0.6) is 0 Å². The summed E-state index contributed by atoms with van der Waals surface area (Å²) in [6, 6.07) is 15.9. The summed E-state index contributed by atoms with van der Waals surface area (Å²) in [6.07, 6.45) is 5.58. The maximum absolute atomic E-state index is 9.01. The predicted octanol–water partition coefficient (Wildman–Crippen LogP) is 2.67. The molecule has 0 aliphatic rings. The predicted molar refractivity (Wildman–Crippen MR) is 105 cm³/mol. The number of hydrogen-bond acceptors (Lipinski definition) is 5. The fourth-order valence-electron chi connectivity index (χ4n) is 3.20. The van der Waals surface area contributed by atoms with Gasteiger partial charge in [-0.05, 0) is 23.8 Å². The molecule has 2 N–H and O–H groups in total. The van der Waals surface area contributed by atoms with Gasteiger partial charge in [-0.25, -0.2) is 4.68 Å². The van der Waals surface area contributed by atoms with Crippen LogP contribution in [0.1, 0.15) is 0 Å². The third kappa shape index (κ3) is 2.85. The van der Waals surface area contributed by atoms with E-state index in [-0.39, 0.29) is 6.61 Å². The summed E-state index contributed by atoms with van der Waals surface area (Å²) in [5.74, 6) is 0. The number of fused-ring (bicyclic) bond motifs is 1. The van der Waals surface area contributed by atoms with Gasteiger partial charge in [0.2, 0.25) is 0 Å². The van der Waals surface area contributed by atoms with Crippen molar-refractivity contribution >= 4 is 10.9 Å². The Labute approximate surface area is 160 Å². The molecule has 0 fully saturated rings. The molecule has 28 heavy (non-hydrogen) atoms. The average molecular weight is 371 g/mol. The van der Waals surface area contributed by atoms with E-state index in [0.717, 1.165) is 33.4 Å². The molecule has 0 atom stereocenters. The third-order valence-electron chi connectivity index (χ3n) is 4.63. The van der Waals surface area contributed by atoms with Crippen LogP contribution >= 0.6 is 0 Å². The van der Waals surface area contributed by atoms with Crippen LogP contribution in [0.15, 0.2) is 67.1 Å². The molecule has 0 saturated carbocycles. The molecule has 0 aliphatic heterocycles. The van der Waals surface area contributed by atoms with E-state index in [1.54, 1.807) is 15.6 Å². The zero-order valence-corrected chi connectivity index (χ0v) is 14.9. The molecule has 138 valence electrons. The van der Waals surface area contributed by atoms with E-state index in [1.807, 2.05) is 60.9 Å². The lowest BCUT2D eigenvalue weighted by molar-refractivity contribution is 0.269. The standard InChI is InChI=1S/C20H17N7O/c28-10-9-26-12-15(11-21-26)14-5-7-16(8-6-14)27-13-19(23-25-27)20-17-3-1-2-4-18(17)22-24-20/h1-8,11-13,28H,9-10H2,(H,22,24). The van der Waals surface area contributed by atoms with Crippen LogP contribution in [0.3, 0.4) is 0 Å². The molecule has 0 bridgehead atoms. The van der Waals surface area contributed by atoms with E-state index < -0.39 is 0 Å². The highest BCUT2D eigenvalue weighted by atomic mass is 16.3. The van der Waals surface area contributed by atoms with Gasteiger partial charge in [0, 0.05) is 17.1 Å². The molecule has 0 unspecified atom stereocenters. The molecule has 2 aromatic carbocycles. The molecule has 3 heterocycles. The zero-order valence-electron chi connectivity index (χ0n) is 14.9.